The molecule has 1 fully saturated rings. The summed E-state index contributed by atoms with van der Waals surface area (Å²) < 4.78 is 11.3. The molecular weight excluding hydrogens is 524 g/mol. The molecule has 6 nitrogen and oxygen atoms in total. The number of amides is 1. The average molecular weight is 565 g/mol. The number of hydrogen-bond donors (Lipinski definition) is 0. The van der Waals surface area contributed by atoms with Gasteiger partial charge in [0.1, 0.15) is 17.0 Å². The van der Waals surface area contributed by atoms with Crippen LogP contribution in [0.4, 0.5) is 5.69 Å². The average Bonchev–Trinajstić information content (AvgIpc) is 3.51. The molecule has 0 N–H and O–H groups in total. The second kappa shape index (κ2) is 13.2. The largest absolute Gasteiger partial charge is 0.452 e. The monoisotopic (exact) mass is 564 g/mol. The van der Waals surface area contributed by atoms with Gasteiger partial charge in [0.05, 0.1) is 6.54 Å². The van der Waals surface area contributed by atoms with E-state index < -0.39 is 11.8 Å². The van der Waals surface area contributed by atoms with Crippen molar-refractivity contribution in [3.63, 3.8) is 0 Å². The van der Waals surface area contributed by atoms with Gasteiger partial charge in [-0.2, -0.15) is 0 Å². The number of nitrogens with zero attached hydrogens (tertiary/aromatic N) is 2. The van der Waals surface area contributed by atoms with Gasteiger partial charge in [-0.1, -0.05) is 63.1 Å². The Balaban J connectivity index is 1.32. The molecular formula is C36H40N2O4. The Hall–Kier alpha value is -4.11. The number of aromatic nitrogens is 1. The Morgan fingerprint density at radius 1 is 1.00 bits per heavy atom. The van der Waals surface area contributed by atoms with Crippen molar-refractivity contribution in [1.82, 2.24) is 4.98 Å². The number of benzene rings is 2. The molecule has 0 bridgehead atoms. The predicted molar refractivity (Wildman–Crippen MR) is 164 cm³/mol. The predicted octanol–water partition coefficient (Wildman–Crippen LogP) is 7.61. The van der Waals surface area contributed by atoms with Crippen LogP contribution in [0.25, 0.3) is 0 Å². The number of unbranched alkanes of at least 4 members (excludes halogenated alkanes) is 1. The lowest BCUT2D eigenvalue weighted by atomic mass is 10.0. The third kappa shape index (κ3) is 7.59. The lowest BCUT2D eigenvalue weighted by Crippen LogP contribution is -2.39. The van der Waals surface area contributed by atoms with Crippen LogP contribution in [0.2, 0.25) is 0 Å². The van der Waals surface area contributed by atoms with Gasteiger partial charge >= 0.3 is 5.97 Å². The standard InChI is InChI=1S/C36H40N2O4/c1-4-5-8-27-11-13-28(14-12-27)15-18-30-19-16-29(24-37-30)25-38(34(39)22-17-26-9-6-7-10-26)31-20-21-33-32(23-31)35(40)42-36(2,3)41-33/h11-14,16,19-21,23-24,26H,4-10,17,22,25H2,1-3H3. The molecule has 0 atom stereocenters. The van der Waals surface area contributed by atoms with E-state index in [0.717, 1.165) is 24.0 Å². The Kier molecular flexibility index (Phi) is 9.27. The third-order valence-corrected chi connectivity index (χ3v) is 8.00. The maximum Gasteiger partial charge on any atom is 0.345 e. The number of fused-ring (bicyclic) bond motifs is 1. The van der Waals surface area contributed by atoms with Crippen molar-refractivity contribution < 1.29 is 19.1 Å². The first-order valence-corrected chi connectivity index (χ1v) is 15.2. The van der Waals surface area contributed by atoms with Crippen LogP contribution in [0.3, 0.4) is 0 Å². The topological polar surface area (TPSA) is 68.7 Å². The summed E-state index contributed by atoms with van der Waals surface area (Å²) in [6.07, 6.45) is 11.5. The maximum atomic E-state index is 13.6. The number of pyridine rings is 1. The van der Waals surface area contributed by atoms with Gasteiger partial charge in [-0.3, -0.25) is 4.79 Å². The van der Waals surface area contributed by atoms with Gasteiger partial charge in [0.2, 0.25) is 11.7 Å². The van der Waals surface area contributed by atoms with Crippen molar-refractivity contribution in [2.45, 2.75) is 90.9 Å². The highest BCUT2D eigenvalue weighted by molar-refractivity contribution is 5.98. The number of rotatable bonds is 9. The second-order valence-corrected chi connectivity index (χ2v) is 11.8. The molecule has 5 rings (SSSR count). The number of carbonyl (C=O) groups excluding carboxylic acids is 2. The van der Waals surface area contributed by atoms with E-state index in [9.17, 15) is 9.59 Å². The smallest absolute Gasteiger partial charge is 0.345 e. The first-order chi connectivity index (χ1) is 20.3. The van der Waals surface area contributed by atoms with Crippen molar-refractivity contribution in [3.8, 4) is 17.6 Å². The number of aryl methyl sites for hydroxylation is 1. The van der Waals surface area contributed by atoms with E-state index in [1.807, 2.05) is 18.2 Å². The molecule has 1 aliphatic heterocycles. The molecule has 0 saturated heterocycles. The fourth-order valence-electron chi connectivity index (χ4n) is 5.63. The quantitative estimate of drug-likeness (QED) is 0.198. The Morgan fingerprint density at radius 3 is 2.48 bits per heavy atom. The van der Waals surface area contributed by atoms with Crippen LogP contribution < -0.4 is 9.64 Å². The zero-order valence-electron chi connectivity index (χ0n) is 24.9. The Morgan fingerprint density at radius 2 is 1.76 bits per heavy atom. The van der Waals surface area contributed by atoms with E-state index in [4.69, 9.17) is 9.47 Å². The molecule has 0 radical (unpaired) electrons. The number of cyclic esters (lactones) is 1. The van der Waals surface area contributed by atoms with Crippen molar-refractivity contribution in [1.29, 1.82) is 0 Å². The number of esters is 1. The molecule has 6 heteroatoms. The van der Waals surface area contributed by atoms with E-state index in [0.29, 0.717) is 41.6 Å². The van der Waals surface area contributed by atoms with Crippen molar-refractivity contribution >= 4 is 17.6 Å². The third-order valence-electron chi connectivity index (χ3n) is 8.00. The summed E-state index contributed by atoms with van der Waals surface area (Å²) >= 11 is 0. The van der Waals surface area contributed by atoms with Crippen LogP contribution in [0.5, 0.6) is 5.75 Å². The highest BCUT2D eigenvalue weighted by atomic mass is 16.7. The van der Waals surface area contributed by atoms with Crippen LogP contribution in [-0.4, -0.2) is 22.6 Å². The summed E-state index contributed by atoms with van der Waals surface area (Å²) in [6, 6.07) is 17.5. The second-order valence-electron chi connectivity index (χ2n) is 11.8. The Labute approximate surface area is 249 Å². The molecule has 1 saturated carbocycles. The molecule has 0 unspecified atom stereocenters. The van der Waals surface area contributed by atoms with Crippen LogP contribution in [0.15, 0.2) is 60.8 Å². The first-order valence-electron chi connectivity index (χ1n) is 15.2. The minimum atomic E-state index is -1.03. The van der Waals surface area contributed by atoms with Gasteiger partial charge in [0.15, 0.2) is 0 Å². The van der Waals surface area contributed by atoms with E-state index in [1.165, 1.54) is 44.1 Å². The van der Waals surface area contributed by atoms with Gasteiger partial charge in [-0.25, -0.2) is 9.78 Å². The summed E-state index contributed by atoms with van der Waals surface area (Å²) in [6.45, 7) is 5.94. The zero-order chi connectivity index (χ0) is 29.5. The molecule has 0 spiro atoms. The van der Waals surface area contributed by atoms with Gasteiger partial charge in [-0.05, 0) is 78.6 Å². The van der Waals surface area contributed by atoms with Crippen molar-refractivity contribution in [2.24, 2.45) is 5.92 Å². The molecule has 1 aliphatic carbocycles. The minimum Gasteiger partial charge on any atom is -0.452 e. The molecule has 3 aromatic rings. The summed E-state index contributed by atoms with van der Waals surface area (Å²) in [7, 11) is 0. The molecule has 2 aromatic carbocycles. The SMILES string of the molecule is CCCCc1ccc(C#Cc2ccc(CN(C(=O)CCC3CCCC3)c3ccc4c(c3)C(=O)OC(C)(C)O4)cn2)cc1. The van der Waals surface area contributed by atoms with Crippen LogP contribution in [-0.2, 0) is 22.5 Å². The van der Waals surface area contributed by atoms with E-state index in [1.54, 1.807) is 37.1 Å². The molecule has 1 amide bonds. The Bertz CT molecular complexity index is 1460. The molecule has 218 valence electrons. The molecule has 42 heavy (non-hydrogen) atoms. The van der Waals surface area contributed by atoms with Gasteiger partial charge < -0.3 is 14.4 Å². The maximum absolute atomic E-state index is 13.6. The lowest BCUT2D eigenvalue weighted by molar-refractivity contribution is -0.127. The van der Waals surface area contributed by atoms with E-state index >= 15 is 0 Å². The van der Waals surface area contributed by atoms with E-state index in [-0.39, 0.29) is 5.91 Å². The molecule has 2 aliphatic rings. The summed E-state index contributed by atoms with van der Waals surface area (Å²) in [5, 5.41) is 0. The van der Waals surface area contributed by atoms with Crippen LogP contribution in [0, 0.1) is 17.8 Å². The fourth-order valence-corrected chi connectivity index (χ4v) is 5.63. The number of ether oxygens (including phenoxy) is 2. The van der Waals surface area contributed by atoms with Crippen molar-refractivity contribution in [3.05, 3.63) is 88.7 Å². The summed E-state index contributed by atoms with van der Waals surface area (Å²) in [4.78, 5) is 32.6. The van der Waals surface area contributed by atoms with E-state index in [2.05, 4.69) is 48.0 Å². The number of carbonyl (C=O) groups is 2. The number of anilines is 1. The minimum absolute atomic E-state index is 0.0264. The van der Waals surface area contributed by atoms with Crippen LogP contribution in [0.1, 0.15) is 105 Å². The number of hydrogen-bond acceptors (Lipinski definition) is 5. The summed E-state index contributed by atoms with van der Waals surface area (Å²) in [5.41, 5.74) is 4.80. The first kappa shape index (κ1) is 29.4. The zero-order valence-corrected chi connectivity index (χ0v) is 24.9. The van der Waals surface area contributed by atoms with Crippen LogP contribution >= 0.6 is 0 Å². The normalized spacial score (nSPS) is 15.6. The van der Waals surface area contributed by atoms with Gasteiger partial charge in [-0.15, -0.1) is 0 Å². The fraction of sp³-hybridized carbons (Fsp3) is 0.417. The molecule has 1 aromatic heterocycles. The summed E-state index contributed by atoms with van der Waals surface area (Å²) in [5.74, 6) is 5.95. The lowest BCUT2D eigenvalue weighted by Gasteiger charge is -2.32. The van der Waals surface area contributed by atoms with Gasteiger partial charge in [0, 0.05) is 37.7 Å². The molecule has 2 heterocycles. The van der Waals surface area contributed by atoms with Crippen molar-refractivity contribution in [2.75, 3.05) is 4.90 Å². The highest BCUT2D eigenvalue weighted by Gasteiger charge is 2.34. The van der Waals surface area contributed by atoms with Gasteiger partial charge in [0.25, 0.3) is 0 Å². The highest BCUT2D eigenvalue weighted by Crippen LogP contribution is 2.35.